The van der Waals surface area contributed by atoms with E-state index in [9.17, 15) is 9.59 Å². The second kappa shape index (κ2) is 7.74. The molecule has 0 bridgehead atoms. The number of ether oxygens (including phenoxy) is 1. The molecule has 30 heavy (non-hydrogen) atoms. The zero-order valence-electron chi connectivity index (χ0n) is 17.3. The highest BCUT2D eigenvalue weighted by Gasteiger charge is 2.38. The van der Waals surface area contributed by atoms with Crippen molar-refractivity contribution in [1.29, 1.82) is 0 Å². The predicted molar refractivity (Wildman–Crippen MR) is 114 cm³/mol. The Morgan fingerprint density at radius 1 is 1.20 bits per heavy atom. The Kier molecular flexibility index (Phi) is 5.11. The van der Waals surface area contributed by atoms with Gasteiger partial charge < -0.3 is 15.0 Å². The van der Waals surface area contributed by atoms with Crippen LogP contribution in [0, 0.1) is 12.8 Å². The number of H-pyrrole nitrogens is 1. The molecule has 9 nitrogen and oxygen atoms in total. The van der Waals surface area contributed by atoms with Gasteiger partial charge in [0.05, 0.1) is 12.1 Å². The summed E-state index contributed by atoms with van der Waals surface area (Å²) in [5, 5.41) is 4.09. The van der Waals surface area contributed by atoms with Gasteiger partial charge in [0.15, 0.2) is 0 Å². The SMILES string of the molecule is Cc1ccc2[nH]c(=O)c([C@@H](C)Nc3ncnc(N4C(=O)OC[C@@H]4C(C)C)n3)cc2c1. The standard InChI is InChI=1S/C21H24N6O3/c1-11(2)17-9-30-21(29)27(17)20-23-10-22-19(26-20)24-13(4)15-8-14-7-12(3)5-6-16(14)25-18(15)28/h5-8,10-11,13,17H,9H2,1-4H3,(H,25,28)(H,22,23,24,26)/t13-,17-/m1/s1. The van der Waals surface area contributed by atoms with E-state index in [0.717, 1.165) is 16.5 Å². The third-order valence-corrected chi connectivity index (χ3v) is 5.29. The van der Waals surface area contributed by atoms with Gasteiger partial charge in [-0.1, -0.05) is 25.5 Å². The maximum atomic E-state index is 12.6. The smallest absolute Gasteiger partial charge is 0.417 e. The predicted octanol–water partition coefficient (Wildman–Crippen LogP) is 3.18. The van der Waals surface area contributed by atoms with Crippen molar-refractivity contribution in [3.8, 4) is 0 Å². The van der Waals surface area contributed by atoms with Crippen LogP contribution in [0.4, 0.5) is 16.7 Å². The van der Waals surface area contributed by atoms with Crippen LogP contribution >= 0.6 is 0 Å². The van der Waals surface area contributed by atoms with Crippen molar-refractivity contribution in [2.75, 3.05) is 16.8 Å². The topological polar surface area (TPSA) is 113 Å². The fourth-order valence-electron chi connectivity index (χ4n) is 3.57. The van der Waals surface area contributed by atoms with Crippen LogP contribution in [0.15, 0.2) is 35.4 Å². The average molecular weight is 408 g/mol. The van der Waals surface area contributed by atoms with Gasteiger partial charge in [0, 0.05) is 11.1 Å². The highest BCUT2D eigenvalue weighted by Crippen LogP contribution is 2.25. The average Bonchev–Trinajstić information content (AvgIpc) is 3.09. The van der Waals surface area contributed by atoms with Crippen molar-refractivity contribution in [2.24, 2.45) is 5.92 Å². The summed E-state index contributed by atoms with van der Waals surface area (Å²) in [5.74, 6) is 0.686. The van der Waals surface area contributed by atoms with E-state index in [-0.39, 0.29) is 35.5 Å². The van der Waals surface area contributed by atoms with E-state index in [1.807, 2.05) is 52.0 Å². The number of cyclic esters (lactones) is 1. The number of aromatic nitrogens is 4. The fraction of sp³-hybridized carbons (Fsp3) is 0.381. The van der Waals surface area contributed by atoms with E-state index < -0.39 is 6.09 Å². The number of rotatable bonds is 5. The highest BCUT2D eigenvalue weighted by molar-refractivity contribution is 5.88. The first-order chi connectivity index (χ1) is 14.3. The molecule has 2 N–H and O–H groups in total. The van der Waals surface area contributed by atoms with Crippen LogP contribution in [0.3, 0.4) is 0 Å². The number of aryl methyl sites for hydroxylation is 1. The lowest BCUT2D eigenvalue weighted by atomic mass is 10.1. The zero-order valence-corrected chi connectivity index (χ0v) is 17.3. The molecular weight excluding hydrogens is 384 g/mol. The Morgan fingerprint density at radius 2 is 2.00 bits per heavy atom. The molecule has 2 aromatic heterocycles. The van der Waals surface area contributed by atoms with Gasteiger partial charge in [-0.25, -0.2) is 19.7 Å². The summed E-state index contributed by atoms with van der Waals surface area (Å²) >= 11 is 0. The molecule has 1 aromatic carbocycles. The lowest BCUT2D eigenvalue weighted by Crippen LogP contribution is -2.38. The molecule has 0 aliphatic carbocycles. The van der Waals surface area contributed by atoms with Crippen molar-refractivity contribution in [1.82, 2.24) is 19.9 Å². The number of fused-ring (bicyclic) bond motifs is 1. The summed E-state index contributed by atoms with van der Waals surface area (Å²) in [6, 6.07) is 7.24. The summed E-state index contributed by atoms with van der Waals surface area (Å²) < 4.78 is 5.17. The second-order valence-electron chi connectivity index (χ2n) is 7.88. The van der Waals surface area contributed by atoms with Gasteiger partial charge in [0.1, 0.15) is 12.9 Å². The summed E-state index contributed by atoms with van der Waals surface area (Å²) in [7, 11) is 0. The van der Waals surface area contributed by atoms with E-state index in [4.69, 9.17) is 4.74 Å². The fourth-order valence-corrected chi connectivity index (χ4v) is 3.57. The van der Waals surface area contributed by atoms with Crippen molar-refractivity contribution >= 4 is 28.9 Å². The van der Waals surface area contributed by atoms with Gasteiger partial charge in [-0.05, 0) is 43.4 Å². The van der Waals surface area contributed by atoms with E-state index in [0.29, 0.717) is 12.2 Å². The van der Waals surface area contributed by atoms with Crippen molar-refractivity contribution < 1.29 is 9.53 Å². The zero-order chi connectivity index (χ0) is 21.4. The first kappa shape index (κ1) is 19.8. The third kappa shape index (κ3) is 3.70. The van der Waals surface area contributed by atoms with Crippen LogP contribution in [0.5, 0.6) is 0 Å². The van der Waals surface area contributed by atoms with E-state index in [1.165, 1.54) is 11.2 Å². The Morgan fingerprint density at radius 3 is 2.77 bits per heavy atom. The molecule has 0 saturated carbocycles. The molecule has 1 fully saturated rings. The number of carbonyl (C=O) groups excluding carboxylic acids is 1. The van der Waals surface area contributed by atoms with Gasteiger partial charge in [0.25, 0.3) is 5.56 Å². The lowest BCUT2D eigenvalue weighted by Gasteiger charge is -2.22. The van der Waals surface area contributed by atoms with Crippen LogP contribution in [0.25, 0.3) is 10.9 Å². The van der Waals surface area contributed by atoms with E-state index >= 15 is 0 Å². The van der Waals surface area contributed by atoms with Gasteiger partial charge in [0.2, 0.25) is 11.9 Å². The molecule has 1 aliphatic rings. The summed E-state index contributed by atoms with van der Waals surface area (Å²) in [6.45, 7) is 8.18. The van der Waals surface area contributed by atoms with Crippen LogP contribution in [-0.4, -0.2) is 38.7 Å². The molecule has 2 atom stereocenters. The first-order valence-corrected chi connectivity index (χ1v) is 9.88. The number of hydrogen-bond acceptors (Lipinski definition) is 7. The van der Waals surface area contributed by atoms with Gasteiger partial charge in [-0.2, -0.15) is 4.98 Å². The Bertz CT molecular complexity index is 1160. The molecule has 156 valence electrons. The maximum absolute atomic E-state index is 12.6. The lowest BCUT2D eigenvalue weighted by molar-refractivity contribution is 0.177. The number of carbonyl (C=O) groups is 1. The van der Waals surface area contributed by atoms with Gasteiger partial charge in [-0.3, -0.25) is 4.79 Å². The number of hydrogen-bond donors (Lipinski definition) is 2. The van der Waals surface area contributed by atoms with Crippen LogP contribution < -0.4 is 15.8 Å². The van der Waals surface area contributed by atoms with Gasteiger partial charge >= 0.3 is 6.09 Å². The molecule has 1 aliphatic heterocycles. The summed E-state index contributed by atoms with van der Waals surface area (Å²) in [4.78, 5) is 41.8. The number of aromatic amines is 1. The molecule has 4 rings (SSSR count). The van der Waals surface area contributed by atoms with Crippen LogP contribution in [0.2, 0.25) is 0 Å². The third-order valence-electron chi connectivity index (χ3n) is 5.29. The molecular formula is C21H24N6O3. The Labute approximate surface area is 173 Å². The number of amides is 1. The van der Waals surface area contributed by atoms with E-state index in [2.05, 4.69) is 25.3 Å². The van der Waals surface area contributed by atoms with Crippen LogP contribution in [-0.2, 0) is 4.74 Å². The van der Waals surface area contributed by atoms with Crippen LogP contribution in [0.1, 0.15) is 37.9 Å². The Balaban J connectivity index is 1.61. The summed E-state index contributed by atoms with van der Waals surface area (Å²) in [5.41, 5.74) is 2.29. The highest BCUT2D eigenvalue weighted by atomic mass is 16.6. The largest absolute Gasteiger partial charge is 0.447 e. The molecule has 0 unspecified atom stereocenters. The minimum absolute atomic E-state index is 0.142. The van der Waals surface area contributed by atoms with Crippen molar-refractivity contribution in [3.05, 3.63) is 52.1 Å². The van der Waals surface area contributed by atoms with Gasteiger partial charge in [-0.15, -0.1) is 0 Å². The summed E-state index contributed by atoms with van der Waals surface area (Å²) in [6.07, 6.45) is 0.870. The van der Waals surface area contributed by atoms with Crippen molar-refractivity contribution in [3.63, 3.8) is 0 Å². The molecule has 1 amide bonds. The molecule has 3 heterocycles. The molecule has 0 radical (unpaired) electrons. The van der Waals surface area contributed by atoms with E-state index in [1.54, 1.807) is 0 Å². The quantitative estimate of drug-likeness (QED) is 0.666. The Hall–Kier alpha value is -3.49. The number of anilines is 2. The normalized spacial score (nSPS) is 17.4. The molecule has 1 saturated heterocycles. The van der Waals surface area contributed by atoms with Crippen molar-refractivity contribution in [2.45, 2.75) is 39.8 Å². The number of nitrogens with one attached hydrogen (secondary N) is 2. The maximum Gasteiger partial charge on any atom is 0.417 e. The minimum Gasteiger partial charge on any atom is -0.447 e. The number of pyridine rings is 1. The minimum atomic E-state index is -0.472. The molecule has 0 spiro atoms. The molecule has 9 heteroatoms. The molecule has 3 aromatic rings. The number of nitrogens with zero attached hydrogens (tertiary/aromatic N) is 4. The first-order valence-electron chi connectivity index (χ1n) is 9.88. The number of benzene rings is 1. The monoisotopic (exact) mass is 408 g/mol. The second-order valence-corrected chi connectivity index (χ2v) is 7.88.